The molecule has 0 radical (unpaired) electrons. The molecule has 0 unspecified atom stereocenters. The summed E-state index contributed by atoms with van der Waals surface area (Å²) in [4.78, 5) is 0. The van der Waals surface area contributed by atoms with Gasteiger partial charge in [0.1, 0.15) is 0 Å². The zero-order valence-electron chi connectivity index (χ0n) is 6.69. The molecule has 2 saturated heterocycles. The van der Waals surface area contributed by atoms with Gasteiger partial charge in [0.2, 0.25) is 0 Å². The average Bonchev–Trinajstić information content (AvgIpc) is 2.26. The lowest BCUT2D eigenvalue weighted by Gasteiger charge is -2.38. The summed E-state index contributed by atoms with van der Waals surface area (Å²) in [5.41, 5.74) is -0.188. The topological polar surface area (TPSA) is 72.6 Å². The van der Waals surface area contributed by atoms with Gasteiger partial charge in [-0.1, -0.05) is 0 Å². The second kappa shape index (κ2) is 2.41. The number of nitrogens with two attached hydrogens (primary N) is 1. The molecular weight excluding hydrogens is 180 g/mol. The van der Waals surface area contributed by atoms with Crippen LogP contribution in [0.1, 0.15) is 12.8 Å². The molecule has 0 aliphatic carbocycles. The fourth-order valence-electron chi connectivity index (χ4n) is 1.74. The van der Waals surface area contributed by atoms with Crippen LogP contribution in [0, 0.1) is 0 Å². The van der Waals surface area contributed by atoms with Gasteiger partial charge < -0.3 is 4.74 Å². The smallest absolute Gasteiger partial charge is 0.277 e. The van der Waals surface area contributed by atoms with Gasteiger partial charge in [0.25, 0.3) is 10.2 Å². The molecule has 2 aliphatic rings. The molecule has 1 spiro atoms. The maximum atomic E-state index is 10.9. The Morgan fingerprint density at radius 2 is 2.08 bits per heavy atom. The molecule has 0 aromatic heterocycles. The van der Waals surface area contributed by atoms with Crippen LogP contribution in [0.4, 0.5) is 0 Å². The van der Waals surface area contributed by atoms with Crippen LogP contribution in [0.15, 0.2) is 0 Å². The first kappa shape index (κ1) is 8.43. The third-order valence-corrected chi connectivity index (χ3v) is 3.64. The van der Waals surface area contributed by atoms with Gasteiger partial charge in [-0.15, -0.1) is 0 Å². The summed E-state index contributed by atoms with van der Waals surface area (Å²) in [5, 5.41) is 4.98. The lowest BCUT2D eigenvalue weighted by atomic mass is 9.94. The lowest BCUT2D eigenvalue weighted by molar-refractivity contribution is -0.134. The van der Waals surface area contributed by atoms with E-state index in [0.717, 1.165) is 19.4 Å². The van der Waals surface area contributed by atoms with Crippen molar-refractivity contribution in [3.8, 4) is 0 Å². The molecule has 2 aliphatic heterocycles. The van der Waals surface area contributed by atoms with Crippen LogP contribution in [-0.4, -0.2) is 38.0 Å². The van der Waals surface area contributed by atoms with Gasteiger partial charge in [0.05, 0.1) is 12.2 Å². The van der Waals surface area contributed by atoms with E-state index in [9.17, 15) is 8.42 Å². The minimum absolute atomic E-state index is 0.188. The van der Waals surface area contributed by atoms with E-state index in [2.05, 4.69) is 0 Å². The van der Waals surface area contributed by atoms with Crippen LogP contribution < -0.4 is 5.14 Å². The number of nitrogens with zero attached hydrogens (tertiary/aromatic N) is 1. The molecule has 1 atom stereocenters. The van der Waals surface area contributed by atoms with Gasteiger partial charge in [-0.05, 0) is 6.42 Å². The first-order chi connectivity index (χ1) is 5.52. The molecule has 0 saturated carbocycles. The van der Waals surface area contributed by atoms with Crippen molar-refractivity contribution in [3.63, 3.8) is 0 Å². The zero-order valence-corrected chi connectivity index (χ0v) is 7.51. The van der Waals surface area contributed by atoms with Crippen molar-refractivity contribution < 1.29 is 13.2 Å². The van der Waals surface area contributed by atoms with E-state index < -0.39 is 10.2 Å². The molecular formula is C6H12N2O3S. The predicted octanol–water partition coefficient (Wildman–Crippen LogP) is -0.945. The van der Waals surface area contributed by atoms with E-state index in [1.165, 1.54) is 4.31 Å². The van der Waals surface area contributed by atoms with Crippen LogP contribution in [0.5, 0.6) is 0 Å². The van der Waals surface area contributed by atoms with Gasteiger partial charge in [-0.2, -0.15) is 12.7 Å². The first-order valence-corrected chi connectivity index (χ1v) is 5.44. The molecule has 0 aromatic carbocycles. The van der Waals surface area contributed by atoms with Crippen LogP contribution in [0.3, 0.4) is 0 Å². The van der Waals surface area contributed by atoms with E-state index in [1.807, 2.05) is 0 Å². The summed E-state index contributed by atoms with van der Waals surface area (Å²) in [7, 11) is -3.50. The Morgan fingerprint density at radius 3 is 2.33 bits per heavy atom. The fraction of sp³-hybridized carbons (Fsp3) is 1.00. The van der Waals surface area contributed by atoms with Crippen molar-refractivity contribution in [1.82, 2.24) is 4.31 Å². The monoisotopic (exact) mass is 192 g/mol. The van der Waals surface area contributed by atoms with Crippen molar-refractivity contribution in [3.05, 3.63) is 0 Å². The van der Waals surface area contributed by atoms with E-state index in [1.54, 1.807) is 0 Å². The highest BCUT2D eigenvalue weighted by atomic mass is 32.2. The Balaban J connectivity index is 2.08. The number of ether oxygens (including phenoxy) is 1. The quantitative estimate of drug-likeness (QED) is 0.582. The fourth-order valence-corrected chi connectivity index (χ4v) is 2.50. The number of hydrogen-bond donors (Lipinski definition) is 1. The third kappa shape index (κ3) is 1.24. The summed E-state index contributed by atoms with van der Waals surface area (Å²) >= 11 is 0. The molecule has 6 heteroatoms. The zero-order chi connectivity index (χ0) is 8.82. The highest BCUT2D eigenvalue weighted by Gasteiger charge is 2.46. The third-order valence-electron chi connectivity index (χ3n) is 2.61. The van der Waals surface area contributed by atoms with Crippen molar-refractivity contribution in [2.75, 3.05) is 19.7 Å². The Hall–Kier alpha value is -0.170. The van der Waals surface area contributed by atoms with Gasteiger partial charge >= 0.3 is 0 Å². The lowest BCUT2D eigenvalue weighted by Crippen LogP contribution is -2.47. The van der Waals surface area contributed by atoms with Gasteiger partial charge in [0, 0.05) is 19.5 Å². The maximum absolute atomic E-state index is 10.9. The van der Waals surface area contributed by atoms with E-state index in [0.29, 0.717) is 13.1 Å². The second-order valence-electron chi connectivity index (χ2n) is 3.41. The van der Waals surface area contributed by atoms with Crippen molar-refractivity contribution in [1.29, 1.82) is 0 Å². The highest BCUT2D eigenvalue weighted by molar-refractivity contribution is 7.86. The Labute approximate surface area is 71.7 Å². The molecule has 2 fully saturated rings. The summed E-state index contributed by atoms with van der Waals surface area (Å²) in [6.07, 6.45) is 1.74. The molecule has 5 nitrogen and oxygen atoms in total. The second-order valence-corrected chi connectivity index (χ2v) is 4.96. The molecule has 0 amide bonds. The molecule has 2 N–H and O–H groups in total. The molecule has 0 aromatic rings. The first-order valence-electron chi connectivity index (χ1n) is 3.94. The van der Waals surface area contributed by atoms with E-state index in [-0.39, 0.29) is 5.60 Å². The van der Waals surface area contributed by atoms with Gasteiger partial charge in [-0.25, -0.2) is 5.14 Å². The number of hydrogen-bond acceptors (Lipinski definition) is 3. The minimum Gasteiger partial charge on any atom is -0.373 e. The Kier molecular flexibility index (Phi) is 1.69. The van der Waals surface area contributed by atoms with E-state index in [4.69, 9.17) is 9.88 Å². The summed E-state index contributed by atoms with van der Waals surface area (Å²) < 4.78 is 28.4. The van der Waals surface area contributed by atoms with E-state index >= 15 is 0 Å². The summed E-state index contributed by atoms with van der Waals surface area (Å²) in [5.74, 6) is 0. The van der Waals surface area contributed by atoms with Crippen LogP contribution in [0.25, 0.3) is 0 Å². The van der Waals surface area contributed by atoms with Crippen molar-refractivity contribution in [2.24, 2.45) is 5.14 Å². The van der Waals surface area contributed by atoms with Crippen LogP contribution in [-0.2, 0) is 14.9 Å². The molecule has 2 rings (SSSR count). The minimum atomic E-state index is -3.50. The molecule has 12 heavy (non-hydrogen) atoms. The summed E-state index contributed by atoms with van der Waals surface area (Å²) in [6, 6.07) is 0. The SMILES string of the molecule is NS(=O)(=O)N1CC[C@@]2(CCO2)C1. The van der Waals surface area contributed by atoms with Crippen LogP contribution >= 0.6 is 0 Å². The number of rotatable bonds is 1. The predicted molar refractivity (Wildman–Crippen MR) is 42.6 cm³/mol. The standard InChI is InChI=1S/C6H12N2O3S/c7-12(9,10)8-3-1-6(5-8)2-4-11-6/h1-5H2,(H2,7,9,10)/t6-/m1/s1. The highest BCUT2D eigenvalue weighted by Crippen LogP contribution is 2.36. The van der Waals surface area contributed by atoms with Crippen molar-refractivity contribution in [2.45, 2.75) is 18.4 Å². The Morgan fingerprint density at radius 1 is 1.42 bits per heavy atom. The average molecular weight is 192 g/mol. The molecule has 2 heterocycles. The Bertz CT molecular complexity index is 283. The van der Waals surface area contributed by atoms with Gasteiger partial charge in [-0.3, -0.25) is 0 Å². The van der Waals surface area contributed by atoms with Gasteiger partial charge in [0.15, 0.2) is 0 Å². The summed E-state index contributed by atoms with van der Waals surface area (Å²) in [6.45, 7) is 1.68. The molecule has 70 valence electrons. The maximum Gasteiger partial charge on any atom is 0.277 e. The normalized spacial score (nSPS) is 37.1. The van der Waals surface area contributed by atoms with Crippen molar-refractivity contribution >= 4 is 10.2 Å². The van der Waals surface area contributed by atoms with Crippen LogP contribution in [0.2, 0.25) is 0 Å². The molecule has 0 bridgehead atoms. The largest absolute Gasteiger partial charge is 0.373 e.